The van der Waals surface area contributed by atoms with E-state index >= 15 is 0 Å². The fourth-order valence-electron chi connectivity index (χ4n) is 3.75. The number of likely N-dealkylation sites (tertiary alicyclic amines) is 1. The van der Waals surface area contributed by atoms with Crippen molar-refractivity contribution in [3.05, 3.63) is 35.9 Å². The highest BCUT2D eigenvalue weighted by atomic mass is 16.2. The molecule has 1 saturated heterocycles. The molecular weight excluding hydrogens is 314 g/mol. The number of piperidine rings is 1. The van der Waals surface area contributed by atoms with Crippen LogP contribution in [0.3, 0.4) is 0 Å². The van der Waals surface area contributed by atoms with Gasteiger partial charge in [-0.15, -0.1) is 0 Å². The molecule has 3 aliphatic rings. The number of hydrogen-bond acceptors (Lipinski definition) is 2. The van der Waals surface area contributed by atoms with Gasteiger partial charge in [-0.3, -0.25) is 4.79 Å². The van der Waals surface area contributed by atoms with Gasteiger partial charge >= 0.3 is 6.03 Å². The van der Waals surface area contributed by atoms with Crippen LogP contribution < -0.4 is 10.6 Å². The van der Waals surface area contributed by atoms with Crippen molar-refractivity contribution >= 4 is 11.9 Å². The fourth-order valence-corrected chi connectivity index (χ4v) is 3.75. The van der Waals surface area contributed by atoms with Gasteiger partial charge in [0.15, 0.2) is 0 Å². The monoisotopic (exact) mass is 341 g/mol. The minimum Gasteiger partial charge on any atom is -0.355 e. The Bertz CT molecular complexity index is 630. The SMILES string of the molecule is O=C(NCC1(c2ccccc2)CC1)C1CCN(C(=O)NC2CC2)CC1. The predicted molar refractivity (Wildman–Crippen MR) is 96.2 cm³/mol. The molecule has 3 fully saturated rings. The van der Waals surface area contributed by atoms with E-state index in [1.54, 1.807) is 0 Å². The van der Waals surface area contributed by atoms with Crippen LogP contribution in [0.1, 0.15) is 44.1 Å². The van der Waals surface area contributed by atoms with Crippen molar-refractivity contribution in [1.82, 2.24) is 15.5 Å². The molecule has 0 bridgehead atoms. The van der Waals surface area contributed by atoms with Gasteiger partial charge in [-0.25, -0.2) is 4.79 Å². The lowest BCUT2D eigenvalue weighted by Gasteiger charge is -2.31. The first-order chi connectivity index (χ1) is 12.2. The predicted octanol–water partition coefficient (Wildman–Crippen LogP) is 2.42. The van der Waals surface area contributed by atoms with Crippen molar-refractivity contribution in [3.63, 3.8) is 0 Å². The Morgan fingerprint density at radius 3 is 2.32 bits per heavy atom. The van der Waals surface area contributed by atoms with E-state index in [4.69, 9.17) is 0 Å². The number of benzene rings is 1. The summed E-state index contributed by atoms with van der Waals surface area (Å²) in [4.78, 5) is 26.5. The van der Waals surface area contributed by atoms with Crippen LogP contribution in [-0.4, -0.2) is 42.5 Å². The van der Waals surface area contributed by atoms with E-state index < -0.39 is 0 Å². The van der Waals surface area contributed by atoms with E-state index in [2.05, 4.69) is 34.9 Å². The highest BCUT2D eigenvalue weighted by Gasteiger charge is 2.44. The van der Waals surface area contributed by atoms with Gasteiger partial charge in [0.25, 0.3) is 0 Å². The summed E-state index contributed by atoms with van der Waals surface area (Å²) in [6.07, 6.45) is 6.04. The summed E-state index contributed by atoms with van der Waals surface area (Å²) in [5.41, 5.74) is 1.49. The molecule has 5 heteroatoms. The van der Waals surface area contributed by atoms with Gasteiger partial charge in [-0.2, -0.15) is 0 Å². The topological polar surface area (TPSA) is 61.4 Å². The third kappa shape index (κ3) is 3.80. The summed E-state index contributed by atoms with van der Waals surface area (Å²) in [6, 6.07) is 10.9. The zero-order valence-electron chi connectivity index (χ0n) is 14.7. The second-order valence-electron chi connectivity index (χ2n) is 7.85. The molecule has 4 rings (SSSR count). The molecule has 2 aliphatic carbocycles. The van der Waals surface area contributed by atoms with Crippen LogP contribution in [0.5, 0.6) is 0 Å². The Morgan fingerprint density at radius 2 is 1.72 bits per heavy atom. The molecule has 0 aromatic heterocycles. The molecule has 1 aliphatic heterocycles. The standard InChI is InChI=1S/C20H27N3O2/c24-18(21-14-20(10-11-20)16-4-2-1-3-5-16)15-8-12-23(13-9-15)19(25)22-17-6-7-17/h1-5,15,17H,6-14H2,(H,21,24)(H,22,25). The number of carbonyl (C=O) groups is 2. The third-order valence-corrected chi connectivity index (χ3v) is 5.90. The number of hydrogen-bond donors (Lipinski definition) is 2. The average molecular weight is 341 g/mol. The Morgan fingerprint density at radius 1 is 1.04 bits per heavy atom. The second kappa shape index (κ2) is 6.70. The maximum atomic E-state index is 12.5. The first-order valence-electron chi connectivity index (χ1n) is 9.55. The van der Waals surface area contributed by atoms with E-state index in [1.807, 2.05) is 11.0 Å². The normalized spacial score (nSPS) is 22.3. The van der Waals surface area contributed by atoms with Crippen LogP contribution in [0, 0.1) is 5.92 Å². The van der Waals surface area contributed by atoms with Gasteiger partial charge in [0.2, 0.25) is 5.91 Å². The molecule has 5 nitrogen and oxygen atoms in total. The summed E-state index contributed by atoms with van der Waals surface area (Å²) >= 11 is 0. The highest BCUT2D eigenvalue weighted by molar-refractivity contribution is 5.80. The van der Waals surface area contributed by atoms with Crippen molar-refractivity contribution in [2.24, 2.45) is 5.92 Å². The molecule has 25 heavy (non-hydrogen) atoms. The molecule has 0 radical (unpaired) electrons. The van der Waals surface area contributed by atoms with Crippen molar-refractivity contribution in [2.45, 2.75) is 50.0 Å². The van der Waals surface area contributed by atoms with E-state index in [-0.39, 0.29) is 23.3 Å². The highest BCUT2D eigenvalue weighted by Crippen LogP contribution is 2.47. The summed E-state index contributed by atoms with van der Waals surface area (Å²) in [5, 5.41) is 6.21. The smallest absolute Gasteiger partial charge is 0.317 e. The maximum absolute atomic E-state index is 12.5. The third-order valence-electron chi connectivity index (χ3n) is 5.90. The molecule has 1 aromatic rings. The molecule has 1 aromatic carbocycles. The van der Waals surface area contributed by atoms with Gasteiger partial charge < -0.3 is 15.5 Å². The fraction of sp³-hybridized carbons (Fsp3) is 0.600. The van der Waals surface area contributed by atoms with Crippen molar-refractivity contribution in [1.29, 1.82) is 0 Å². The summed E-state index contributed by atoms with van der Waals surface area (Å²) in [6.45, 7) is 2.10. The van der Waals surface area contributed by atoms with Crippen molar-refractivity contribution < 1.29 is 9.59 Å². The number of urea groups is 1. The Kier molecular flexibility index (Phi) is 4.40. The Hall–Kier alpha value is -2.04. The van der Waals surface area contributed by atoms with Crippen LogP contribution in [0.2, 0.25) is 0 Å². The van der Waals surface area contributed by atoms with Gasteiger partial charge in [0.1, 0.15) is 0 Å². The molecule has 2 N–H and O–H groups in total. The molecule has 1 heterocycles. The number of carbonyl (C=O) groups excluding carboxylic acids is 2. The van der Waals surface area contributed by atoms with Crippen LogP contribution in [0.15, 0.2) is 30.3 Å². The molecule has 0 atom stereocenters. The number of nitrogens with zero attached hydrogens (tertiary/aromatic N) is 1. The zero-order chi connectivity index (χ0) is 17.3. The van der Waals surface area contributed by atoms with E-state index in [0.29, 0.717) is 19.1 Å². The zero-order valence-corrected chi connectivity index (χ0v) is 14.7. The molecular formula is C20H27N3O2. The number of rotatable bonds is 5. The van der Waals surface area contributed by atoms with E-state index in [9.17, 15) is 9.59 Å². The van der Waals surface area contributed by atoms with E-state index in [1.165, 1.54) is 5.56 Å². The van der Waals surface area contributed by atoms with Crippen molar-refractivity contribution in [2.75, 3.05) is 19.6 Å². The largest absolute Gasteiger partial charge is 0.355 e. The summed E-state index contributed by atoms with van der Waals surface area (Å²) < 4.78 is 0. The Labute approximate surface area is 149 Å². The molecule has 0 spiro atoms. The molecule has 2 saturated carbocycles. The number of nitrogens with one attached hydrogen (secondary N) is 2. The quantitative estimate of drug-likeness (QED) is 0.864. The first kappa shape index (κ1) is 16.4. The summed E-state index contributed by atoms with van der Waals surface area (Å²) in [5.74, 6) is 0.195. The molecule has 3 amide bonds. The number of amides is 3. The van der Waals surface area contributed by atoms with Gasteiger partial charge in [0, 0.05) is 37.0 Å². The lowest BCUT2D eigenvalue weighted by molar-refractivity contribution is -0.126. The first-order valence-corrected chi connectivity index (χ1v) is 9.55. The summed E-state index contributed by atoms with van der Waals surface area (Å²) in [7, 11) is 0. The van der Waals surface area contributed by atoms with Gasteiger partial charge in [-0.05, 0) is 44.1 Å². The van der Waals surface area contributed by atoms with E-state index in [0.717, 1.165) is 45.1 Å². The van der Waals surface area contributed by atoms with Crippen LogP contribution >= 0.6 is 0 Å². The Balaban J connectivity index is 1.23. The van der Waals surface area contributed by atoms with Crippen LogP contribution in [0.4, 0.5) is 4.79 Å². The van der Waals surface area contributed by atoms with Crippen molar-refractivity contribution in [3.8, 4) is 0 Å². The molecule has 0 unspecified atom stereocenters. The second-order valence-corrected chi connectivity index (χ2v) is 7.85. The minimum atomic E-state index is 0.0385. The van der Waals surface area contributed by atoms with Crippen LogP contribution in [-0.2, 0) is 10.2 Å². The lowest BCUT2D eigenvalue weighted by atomic mass is 9.93. The molecule has 134 valence electrons. The lowest BCUT2D eigenvalue weighted by Crippen LogP contribution is -2.48. The maximum Gasteiger partial charge on any atom is 0.317 e. The van der Waals surface area contributed by atoms with Crippen LogP contribution in [0.25, 0.3) is 0 Å². The van der Waals surface area contributed by atoms with Gasteiger partial charge in [0.05, 0.1) is 0 Å². The minimum absolute atomic E-state index is 0.0385. The average Bonchev–Trinajstić information content (AvgIpc) is 3.57. The van der Waals surface area contributed by atoms with Gasteiger partial charge in [-0.1, -0.05) is 30.3 Å².